The van der Waals surface area contributed by atoms with Gasteiger partial charge < -0.3 is 9.13 Å². The van der Waals surface area contributed by atoms with Gasteiger partial charge in [0, 0.05) is 32.7 Å². The number of hydrogen-bond acceptors (Lipinski definition) is 0. The third-order valence-electron chi connectivity index (χ3n) is 10.1. The Balaban J connectivity index is 1.22. The van der Waals surface area contributed by atoms with E-state index in [-0.39, 0.29) is 0 Å². The highest BCUT2D eigenvalue weighted by atomic mass is 15.0. The molecule has 0 unspecified atom stereocenters. The zero-order chi connectivity index (χ0) is 33.0. The van der Waals surface area contributed by atoms with Crippen molar-refractivity contribution in [3.8, 4) is 44.8 Å². The predicted molar refractivity (Wildman–Crippen MR) is 211 cm³/mol. The SMILES string of the molecule is c1ccc(-c2ccc(-n3c4ccccc4c4ccccc43)c(-c3cccc(-c4ccccc4-n4c5ccccc5c5ccccc54)c3)c2)cc1. The van der Waals surface area contributed by atoms with Gasteiger partial charge in [-0.1, -0.05) is 146 Å². The van der Waals surface area contributed by atoms with Gasteiger partial charge in [-0.25, -0.2) is 0 Å². The standard InChI is InChI=1S/C48H32N2/c1-2-15-33(16-3-1)34-29-30-48(50-46-27-12-7-22-40(46)41-23-8-13-28-47(41)50)42(32-34)36-18-14-17-35(31-36)37-19-4-9-24-43(37)49-44-25-10-5-20-38(44)39-21-6-11-26-45(39)49/h1-32H. The topological polar surface area (TPSA) is 9.86 Å². The van der Waals surface area contributed by atoms with Crippen LogP contribution in [-0.4, -0.2) is 9.13 Å². The molecule has 0 fully saturated rings. The van der Waals surface area contributed by atoms with Gasteiger partial charge in [0.2, 0.25) is 0 Å². The summed E-state index contributed by atoms with van der Waals surface area (Å²) in [4.78, 5) is 0. The van der Waals surface area contributed by atoms with Crippen molar-refractivity contribution in [2.75, 3.05) is 0 Å². The molecule has 10 rings (SSSR count). The molecule has 0 spiro atoms. The molecule has 50 heavy (non-hydrogen) atoms. The second kappa shape index (κ2) is 11.5. The predicted octanol–water partition coefficient (Wildman–Crippen LogP) is 12.9. The molecule has 8 aromatic carbocycles. The molecule has 234 valence electrons. The van der Waals surface area contributed by atoms with Crippen LogP contribution in [-0.2, 0) is 0 Å². The van der Waals surface area contributed by atoms with Crippen molar-refractivity contribution in [2.45, 2.75) is 0 Å². The van der Waals surface area contributed by atoms with Crippen LogP contribution in [0.3, 0.4) is 0 Å². The number of fused-ring (bicyclic) bond motifs is 6. The van der Waals surface area contributed by atoms with Crippen molar-refractivity contribution in [1.82, 2.24) is 9.13 Å². The van der Waals surface area contributed by atoms with Crippen LogP contribution in [0.15, 0.2) is 194 Å². The van der Waals surface area contributed by atoms with Crippen molar-refractivity contribution in [3.63, 3.8) is 0 Å². The van der Waals surface area contributed by atoms with Crippen LogP contribution < -0.4 is 0 Å². The lowest BCUT2D eigenvalue weighted by atomic mass is 9.94. The fourth-order valence-corrected chi connectivity index (χ4v) is 7.90. The first kappa shape index (κ1) is 28.4. The van der Waals surface area contributed by atoms with Crippen LogP contribution in [0.4, 0.5) is 0 Å². The molecule has 2 nitrogen and oxygen atoms in total. The minimum absolute atomic E-state index is 1.16. The van der Waals surface area contributed by atoms with Gasteiger partial charge in [0.15, 0.2) is 0 Å². The maximum atomic E-state index is 2.44. The molecule has 2 aromatic heterocycles. The number of benzene rings is 8. The normalized spacial score (nSPS) is 11.6. The maximum absolute atomic E-state index is 2.44. The molecule has 0 radical (unpaired) electrons. The number of aromatic nitrogens is 2. The summed E-state index contributed by atoms with van der Waals surface area (Å²) in [5.74, 6) is 0. The molecule has 2 heterocycles. The molecule has 0 atom stereocenters. The molecule has 0 N–H and O–H groups in total. The summed E-state index contributed by atoms with van der Waals surface area (Å²) >= 11 is 0. The molecular formula is C48H32N2. The van der Waals surface area contributed by atoms with Gasteiger partial charge in [0.25, 0.3) is 0 Å². The molecule has 0 amide bonds. The molecule has 0 bridgehead atoms. The summed E-state index contributed by atoms with van der Waals surface area (Å²) in [6, 6.07) is 70.5. The number of hydrogen-bond donors (Lipinski definition) is 0. The van der Waals surface area contributed by atoms with Crippen molar-refractivity contribution in [1.29, 1.82) is 0 Å². The summed E-state index contributed by atoms with van der Waals surface area (Å²) in [6.07, 6.45) is 0. The van der Waals surface area contributed by atoms with Gasteiger partial charge in [-0.3, -0.25) is 0 Å². The van der Waals surface area contributed by atoms with E-state index in [2.05, 4.69) is 203 Å². The summed E-state index contributed by atoms with van der Waals surface area (Å²) in [5, 5.41) is 5.05. The average molecular weight is 637 g/mol. The second-order valence-electron chi connectivity index (χ2n) is 12.9. The van der Waals surface area contributed by atoms with Crippen molar-refractivity contribution >= 4 is 43.6 Å². The van der Waals surface area contributed by atoms with E-state index in [1.54, 1.807) is 0 Å². The van der Waals surface area contributed by atoms with Crippen LogP contribution in [0, 0.1) is 0 Å². The van der Waals surface area contributed by atoms with Gasteiger partial charge in [-0.2, -0.15) is 0 Å². The molecule has 2 heteroatoms. The zero-order valence-electron chi connectivity index (χ0n) is 27.4. The summed E-state index contributed by atoms with van der Waals surface area (Å²) in [5.41, 5.74) is 14.3. The number of para-hydroxylation sites is 5. The Hall–Kier alpha value is -6.64. The smallest absolute Gasteiger partial charge is 0.0541 e. The third kappa shape index (κ3) is 4.43. The first-order chi connectivity index (χ1) is 24.8. The lowest BCUT2D eigenvalue weighted by Crippen LogP contribution is -1.99. The molecule has 0 saturated carbocycles. The summed E-state index contributed by atoms with van der Waals surface area (Å²) < 4.78 is 4.86. The molecule has 0 aliphatic carbocycles. The Morgan fingerprint density at radius 3 is 1.22 bits per heavy atom. The van der Waals surface area contributed by atoms with E-state index in [4.69, 9.17) is 0 Å². The monoisotopic (exact) mass is 636 g/mol. The van der Waals surface area contributed by atoms with Crippen LogP contribution in [0.25, 0.3) is 88.4 Å². The minimum Gasteiger partial charge on any atom is -0.309 e. The molecule has 0 saturated heterocycles. The van der Waals surface area contributed by atoms with E-state index in [9.17, 15) is 0 Å². The van der Waals surface area contributed by atoms with Gasteiger partial charge in [-0.05, 0) is 70.8 Å². The van der Waals surface area contributed by atoms with E-state index < -0.39 is 0 Å². The Kier molecular flexibility index (Phi) is 6.53. The maximum Gasteiger partial charge on any atom is 0.0541 e. The van der Waals surface area contributed by atoms with Crippen LogP contribution in [0.1, 0.15) is 0 Å². The van der Waals surface area contributed by atoms with Gasteiger partial charge >= 0.3 is 0 Å². The van der Waals surface area contributed by atoms with Gasteiger partial charge in [0.05, 0.1) is 33.4 Å². The van der Waals surface area contributed by atoms with Gasteiger partial charge in [-0.15, -0.1) is 0 Å². The third-order valence-corrected chi connectivity index (χ3v) is 10.1. The Labute approximate surface area is 290 Å². The molecule has 0 aliphatic heterocycles. The first-order valence-corrected chi connectivity index (χ1v) is 17.2. The zero-order valence-corrected chi connectivity index (χ0v) is 27.4. The highest BCUT2D eigenvalue weighted by molar-refractivity contribution is 6.11. The largest absolute Gasteiger partial charge is 0.309 e. The molecule has 10 aromatic rings. The van der Waals surface area contributed by atoms with Crippen LogP contribution in [0.5, 0.6) is 0 Å². The fraction of sp³-hybridized carbons (Fsp3) is 0. The Morgan fingerprint density at radius 1 is 0.240 bits per heavy atom. The van der Waals surface area contributed by atoms with E-state index in [1.165, 1.54) is 82.7 Å². The first-order valence-electron chi connectivity index (χ1n) is 17.2. The summed E-state index contributed by atoms with van der Waals surface area (Å²) in [6.45, 7) is 0. The highest BCUT2D eigenvalue weighted by Crippen LogP contribution is 2.41. The Bertz CT molecular complexity index is 2760. The van der Waals surface area contributed by atoms with Gasteiger partial charge in [0.1, 0.15) is 0 Å². The highest BCUT2D eigenvalue weighted by Gasteiger charge is 2.18. The number of rotatable bonds is 5. The second-order valence-corrected chi connectivity index (χ2v) is 12.9. The Morgan fingerprint density at radius 2 is 0.660 bits per heavy atom. The van der Waals surface area contributed by atoms with Crippen LogP contribution >= 0.6 is 0 Å². The number of nitrogens with zero attached hydrogens (tertiary/aromatic N) is 2. The van der Waals surface area contributed by atoms with Crippen molar-refractivity contribution < 1.29 is 0 Å². The quantitative estimate of drug-likeness (QED) is 0.178. The van der Waals surface area contributed by atoms with Crippen molar-refractivity contribution in [3.05, 3.63) is 194 Å². The molecular weight excluding hydrogens is 605 g/mol. The average Bonchev–Trinajstić information content (AvgIpc) is 3.71. The summed E-state index contributed by atoms with van der Waals surface area (Å²) in [7, 11) is 0. The molecule has 0 aliphatic rings. The minimum atomic E-state index is 1.16. The van der Waals surface area contributed by atoms with Crippen molar-refractivity contribution in [2.24, 2.45) is 0 Å². The van der Waals surface area contributed by atoms with E-state index in [0.717, 1.165) is 5.69 Å². The fourth-order valence-electron chi connectivity index (χ4n) is 7.90. The lowest BCUT2D eigenvalue weighted by Gasteiger charge is -2.18. The van der Waals surface area contributed by atoms with E-state index in [0.29, 0.717) is 0 Å². The van der Waals surface area contributed by atoms with E-state index in [1.807, 2.05) is 0 Å². The van der Waals surface area contributed by atoms with E-state index >= 15 is 0 Å². The lowest BCUT2D eigenvalue weighted by molar-refractivity contribution is 1.18. The van der Waals surface area contributed by atoms with Crippen LogP contribution in [0.2, 0.25) is 0 Å².